The fourth-order valence-electron chi connectivity index (χ4n) is 2.12. The Morgan fingerprint density at radius 3 is 2.80 bits per heavy atom. The van der Waals surface area contributed by atoms with Crippen LogP contribution in [0.25, 0.3) is 11.4 Å². The Morgan fingerprint density at radius 2 is 2.04 bits per heavy atom. The summed E-state index contributed by atoms with van der Waals surface area (Å²) in [5.74, 6) is -0.559. The first kappa shape index (κ1) is 16.2. The fraction of sp³-hybridized carbons (Fsp3) is 0.125. The van der Waals surface area contributed by atoms with Crippen LogP contribution in [0.1, 0.15) is 10.4 Å². The number of methoxy groups -OCH3 is 1. The number of aromatic nitrogens is 5. The van der Waals surface area contributed by atoms with Crippen LogP contribution in [0.3, 0.4) is 0 Å². The van der Waals surface area contributed by atoms with E-state index < -0.39 is 11.9 Å². The molecule has 2 heterocycles. The maximum absolute atomic E-state index is 12.2. The quantitative estimate of drug-likeness (QED) is 0.695. The Morgan fingerprint density at radius 1 is 1.20 bits per heavy atom. The molecule has 0 unspecified atom stereocenters. The third-order valence-corrected chi connectivity index (χ3v) is 3.26. The van der Waals surface area contributed by atoms with Crippen LogP contribution >= 0.6 is 0 Å². The second-order valence-corrected chi connectivity index (χ2v) is 4.97. The first-order valence-corrected chi connectivity index (χ1v) is 7.33. The molecule has 25 heavy (non-hydrogen) atoms. The molecule has 2 aromatic heterocycles. The molecular formula is C16H14N6O3. The van der Waals surface area contributed by atoms with Gasteiger partial charge in [0.05, 0.1) is 18.4 Å². The molecule has 0 saturated carbocycles. The average Bonchev–Trinajstić information content (AvgIpc) is 3.10. The second-order valence-electron chi connectivity index (χ2n) is 4.97. The van der Waals surface area contributed by atoms with E-state index in [9.17, 15) is 9.59 Å². The summed E-state index contributed by atoms with van der Waals surface area (Å²) in [4.78, 5) is 29.0. The molecule has 0 aliphatic carbocycles. The molecule has 0 bridgehead atoms. The highest BCUT2D eigenvalue weighted by atomic mass is 16.5. The van der Waals surface area contributed by atoms with Gasteiger partial charge in [0, 0.05) is 18.0 Å². The number of pyridine rings is 1. The first-order valence-electron chi connectivity index (χ1n) is 7.33. The van der Waals surface area contributed by atoms with Gasteiger partial charge in [0.1, 0.15) is 6.54 Å². The summed E-state index contributed by atoms with van der Waals surface area (Å²) in [6.07, 6.45) is 3.24. The number of hydrogen-bond donors (Lipinski definition) is 1. The summed E-state index contributed by atoms with van der Waals surface area (Å²) in [6, 6.07) is 10.1. The molecular weight excluding hydrogens is 324 g/mol. The largest absolute Gasteiger partial charge is 0.465 e. The Bertz CT molecular complexity index is 894. The van der Waals surface area contributed by atoms with E-state index in [1.54, 1.807) is 48.8 Å². The molecule has 3 aromatic rings. The number of ether oxygens (including phenoxy) is 1. The summed E-state index contributed by atoms with van der Waals surface area (Å²) in [5, 5.41) is 14.5. The normalized spacial score (nSPS) is 10.3. The van der Waals surface area contributed by atoms with Crippen molar-refractivity contribution in [1.82, 2.24) is 25.2 Å². The number of carbonyl (C=O) groups excluding carboxylic acids is 2. The van der Waals surface area contributed by atoms with E-state index in [0.29, 0.717) is 17.1 Å². The topological polar surface area (TPSA) is 112 Å². The van der Waals surface area contributed by atoms with Crippen molar-refractivity contribution in [3.63, 3.8) is 0 Å². The van der Waals surface area contributed by atoms with Gasteiger partial charge in [-0.2, -0.15) is 4.80 Å². The molecule has 0 aliphatic rings. The van der Waals surface area contributed by atoms with Crippen LogP contribution in [-0.4, -0.2) is 44.2 Å². The molecule has 1 aromatic carbocycles. The summed E-state index contributed by atoms with van der Waals surface area (Å²) >= 11 is 0. The highest BCUT2D eigenvalue weighted by Gasteiger charge is 2.14. The van der Waals surface area contributed by atoms with Crippen LogP contribution in [0.15, 0.2) is 48.8 Å². The zero-order valence-corrected chi connectivity index (χ0v) is 13.3. The SMILES string of the molecule is COC(=O)c1ccccc1NC(=O)Cn1nnc(-c2cccnc2)n1. The number of anilines is 1. The van der Waals surface area contributed by atoms with Gasteiger partial charge >= 0.3 is 5.97 Å². The van der Waals surface area contributed by atoms with Gasteiger partial charge in [-0.25, -0.2) is 4.79 Å². The lowest BCUT2D eigenvalue weighted by Gasteiger charge is -2.08. The average molecular weight is 338 g/mol. The lowest BCUT2D eigenvalue weighted by molar-refractivity contribution is -0.117. The molecule has 9 heteroatoms. The number of tetrazole rings is 1. The van der Waals surface area contributed by atoms with Crippen LogP contribution in [-0.2, 0) is 16.1 Å². The molecule has 1 N–H and O–H groups in total. The number of benzene rings is 1. The zero-order valence-electron chi connectivity index (χ0n) is 13.3. The third kappa shape index (κ3) is 3.83. The van der Waals surface area contributed by atoms with Crippen LogP contribution in [0.2, 0.25) is 0 Å². The highest BCUT2D eigenvalue weighted by Crippen LogP contribution is 2.16. The fourth-order valence-corrected chi connectivity index (χ4v) is 2.12. The molecule has 0 aliphatic heterocycles. The van der Waals surface area contributed by atoms with Crippen molar-refractivity contribution in [3.05, 3.63) is 54.4 Å². The zero-order chi connectivity index (χ0) is 17.6. The van der Waals surface area contributed by atoms with Crippen LogP contribution < -0.4 is 5.32 Å². The number of carbonyl (C=O) groups is 2. The van der Waals surface area contributed by atoms with Gasteiger partial charge in [0.25, 0.3) is 0 Å². The number of nitrogens with one attached hydrogen (secondary N) is 1. The van der Waals surface area contributed by atoms with Crippen LogP contribution in [0.5, 0.6) is 0 Å². The van der Waals surface area contributed by atoms with E-state index in [2.05, 4.69) is 25.7 Å². The summed E-state index contributed by atoms with van der Waals surface area (Å²) in [7, 11) is 1.28. The van der Waals surface area contributed by atoms with E-state index >= 15 is 0 Å². The number of amides is 1. The minimum atomic E-state index is -0.534. The van der Waals surface area contributed by atoms with Gasteiger partial charge in [-0.1, -0.05) is 12.1 Å². The van der Waals surface area contributed by atoms with Crippen LogP contribution in [0.4, 0.5) is 5.69 Å². The summed E-state index contributed by atoms with van der Waals surface area (Å²) in [5.41, 5.74) is 1.32. The minimum absolute atomic E-state index is 0.150. The molecule has 126 valence electrons. The maximum atomic E-state index is 12.2. The standard InChI is InChI=1S/C16H14N6O3/c1-25-16(24)12-6-2-3-7-13(12)18-14(23)10-22-20-15(19-21-22)11-5-4-8-17-9-11/h2-9H,10H2,1H3,(H,18,23). The number of esters is 1. The van der Waals surface area contributed by atoms with Crippen molar-refractivity contribution in [2.75, 3.05) is 12.4 Å². The molecule has 0 saturated heterocycles. The number of hydrogen-bond acceptors (Lipinski definition) is 7. The van der Waals surface area contributed by atoms with E-state index in [4.69, 9.17) is 4.74 Å². The molecule has 1 amide bonds. The molecule has 0 spiro atoms. The van der Waals surface area contributed by atoms with Crippen molar-refractivity contribution in [3.8, 4) is 11.4 Å². The van der Waals surface area contributed by atoms with E-state index in [1.165, 1.54) is 11.9 Å². The Hall–Kier alpha value is -3.62. The van der Waals surface area contributed by atoms with Crippen molar-refractivity contribution in [2.24, 2.45) is 0 Å². The van der Waals surface area contributed by atoms with Crippen molar-refractivity contribution >= 4 is 17.6 Å². The third-order valence-electron chi connectivity index (χ3n) is 3.26. The molecule has 0 fully saturated rings. The Labute approximate surface area is 142 Å². The van der Waals surface area contributed by atoms with Gasteiger partial charge in [-0.15, -0.1) is 10.2 Å². The van der Waals surface area contributed by atoms with Gasteiger partial charge in [-0.05, 0) is 29.5 Å². The summed E-state index contributed by atoms with van der Waals surface area (Å²) < 4.78 is 4.69. The smallest absolute Gasteiger partial charge is 0.339 e. The lowest BCUT2D eigenvalue weighted by atomic mass is 10.2. The monoisotopic (exact) mass is 338 g/mol. The predicted molar refractivity (Wildman–Crippen MR) is 87.5 cm³/mol. The van der Waals surface area contributed by atoms with E-state index in [-0.39, 0.29) is 12.1 Å². The van der Waals surface area contributed by atoms with Crippen molar-refractivity contribution < 1.29 is 14.3 Å². The number of para-hydroxylation sites is 1. The van der Waals surface area contributed by atoms with Gasteiger partial charge < -0.3 is 10.1 Å². The Balaban J connectivity index is 1.70. The van der Waals surface area contributed by atoms with Gasteiger partial charge in [0.2, 0.25) is 11.7 Å². The van der Waals surface area contributed by atoms with E-state index in [1.807, 2.05) is 0 Å². The minimum Gasteiger partial charge on any atom is -0.465 e. The van der Waals surface area contributed by atoms with Crippen LogP contribution in [0, 0.1) is 0 Å². The molecule has 0 radical (unpaired) electrons. The highest BCUT2D eigenvalue weighted by molar-refractivity contribution is 6.01. The lowest BCUT2D eigenvalue weighted by Crippen LogP contribution is -2.22. The predicted octanol–water partition coefficient (Wildman–Crippen LogP) is 1.16. The number of rotatable bonds is 5. The molecule has 3 rings (SSSR count). The second kappa shape index (κ2) is 7.30. The maximum Gasteiger partial charge on any atom is 0.339 e. The van der Waals surface area contributed by atoms with Crippen molar-refractivity contribution in [1.29, 1.82) is 0 Å². The summed E-state index contributed by atoms with van der Waals surface area (Å²) in [6.45, 7) is -0.150. The van der Waals surface area contributed by atoms with Crippen molar-refractivity contribution in [2.45, 2.75) is 6.54 Å². The van der Waals surface area contributed by atoms with E-state index in [0.717, 1.165) is 0 Å². The van der Waals surface area contributed by atoms with Gasteiger partial charge in [-0.3, -0.25) is 9.78 Å². The molecule has 9 nitrogen and oxygen atoms in total. The first-order chi connectivity index (χ1) is 12.2. The number of nitrogens with zero attached hydrogens (tertiary/aromatic N) is 5. The van der Waals surface area contributed by atoms with Gasteiger partial charge in [0.15, 0.2) is 0 Å². The molecule has 0 atom stereocenters. The Kier molecular flexibility index (Phi) is 4.74.